The van der Waals surface area contributed by atoms with Gasteiger partial charge in [0.2, 0.25) is 0 Å². The summed E-state index contributed by atoms with van der Waals surface area (Å²) in [6, 6.07) is 25.3. The summed E-state index contributed by atoms with van der Waals surface area (Å²) in [7, 11) is 0. The quantitative estimate of drug-likeness (QED) is 0.548. The monoisotopic (exact) mass is 342 g/mol. The lowest BCUT2D eigenvalue weighted by Crippen LogP contribution is -2.08. The number of fused-ring (bicyclic) bond motifs is 1. The molecule has 0 unspecified atom stereocenters. The fraction of sp³-hybridized carbons (Fsp3) is 0.0870. The van der Waals surface area contributed by atoms with Crippen LogP contribution >= 0.6 is 0 Å². The van der Waals surface area contributed by atoms with E-state index in [2.05, 4.69) is 12.1 Å². The van der Waals surface area contributed by atoms with Gasteiger partial charge in [-0.3, -0.25) is 0 Å². The van der Waals surface area contributed by atoms with Gasteiger partial charge in [-0.2, -0.15) is 0 Å². The minimum atomic E-state index is -0.491. The van der Waals surface area contributed by atoms with Gasteiger partial charge in [0.15, 0.2) is 0 Å². The second-order valence-corrected chi connectivity index (χ2v) is 6.37. The predicted octanol–water partition coefficient (Wildman–Crippen LogP) is 4.68. The van der Waals surface area contributed by atoms with Crippen molar-refractivity contribution in [2.45, 2.75) is 12.8 Å². The van der Waals surface area contributed by atoms with Crippen molar-refractivity contribution >= 4 is 11.0 Å². The van der Waals surface area contributed by atoms with E-state index in [-0.39, 0.29) is 5.75 Å². The third-order valence-corrected chi connectivity index (χ3v) is 4.51. The molecule has 0 radical (unpaired) electrons. The first-order valence-electron chi connectivity index (χ1n) is 8.56. The van der Waals surface area contributed by atoms with Gasteiger partial charge in [0.1, 0.15) is 11.3 Å². The van der Waals surface area contributed by atoms with Gasteiger partial charge in [0.05, 0.1) is 10.9 Å². The summed E-state index contributed by atoms with van der Waals surface area (Å²) in [5, 5.41) is 11.3. The van der Waals surface area contributed by atoms with Crippen LogP contribution in [-0.4, -0.2) is 5.11 Å². The summed E-state index contributed by atoms with van der Waals surface area (Å²) in [5.41, 5.74) is 3.40. The zero-order valence-electron chi connectivity index (χ0n) is 14.2. The van der Waals surface area contributed by atoms with Crippen LogP contribution < -0.4 is 5.63 Å². The second-order valence-electron chi connectivity index (χ2n) is 6.37. The average Bonchev–Trinajstić information content (AvgIpc) is 2.67. The van der Waals surface area contributed by atoms with Crippen LogP contribution in [-0.2, 0) is 12.8 Å². The van der Waals surface area contributed by atoms with Crippen LogP contribution in [0.4, 0.5) is 0 Å². The lowest BCUT2D eigenvalue weighted by molar-refractivity contribution is 0.458. The van der Waals surface area contributed by atoms with Gasteiger partial charge in [0, 0.05) is 6.42 Å². The molecule has 128 valence electrons. The molecular formula is C23H18O3. The molecule has 0 aliphatic carbocycles. The number of rotatable bonds is 4. The summed E-state index contributed by atoms with van der Waals surface area (Å²) in [4.78, 5) is 12.3. The highest BCUT2D eigenvalue weighted by atomic mass is 16.4. The standard InChI is InChI=1S/C23H18O3/c24-22-19-15-18(13-16-7-3-1-4-8-16)11-12-21(19)26-23(25)20(22)14-17-9-5-2-6-10-17/h1-12,15,24H,13-14H2. The Morgan fingerprint density at radius 1 is 0.731 bits per heavy atom. The molecule has 0 atom stereocenters. The van der Waals surface area contributed by atoms with E-state index in [9.17, 15) is 9.90 Å². The van der Waals surface area contributed by atoms with Gasteiger partial charge in [-0.05, 0) is 35.2 Å². The Kier molecular flexibility index (Phi) is 4.28. The Morgan fingerprint density at radius 2 is 1.35 bits per heavy atom. The predicted molar refractivity (Wildman–Crippen MR) is 103 cm³/mol. The third kappa shape index (κ3) is 3.24. The van der Waals surface area contributed by atoms with Crippen molar-refractivity contribution in [3.8, 4) is 5.75 Å². The van der Waals surface area contributed by atoms with E-state index in [1.165, 1.54) is 5.56 Å². The minimum absolute atomic E-state index is 0.00927. The fourth-order valence-corrected chi connectivity index (χ4v) is 3.17. The molecule has 0 amide bonds. The van der Waals surface area contributed by atoms with Gasteiger partial charge in [0.25, 0.3) is 0 Å². The van der Waals surface area contributed by atoms with E-state index in [0.29, 0.717) is 23.0 Å². The van der Waals surface area contributed by atoms with Crippen molar-refractivity contribution in [2.75, 3.05) is 0 Å². The van der Waals surface area contributed by atoms with Crippen LogP contribution in [0.2, 0.25) is 0 Å². The molecule has 26 heavy (non-hydrogen) atoms. The van der Waals surface area contributed by atoms with Crippen molar-refractivity contribution in [3.63, 3.8) is 0 Å². The number of aromatic hydroxyl groups is 1. The molecule has 4 rings (SSSR count). The number of benzene rings is 3. The summed E-state index contributed by atoms with van der Waals surface area (Å²) < 4.78 is 5.44. The Morgan fingerprint density at radius 3 is 2.00 bits per heavy atom. The first kappa shape index (κ1) is 16.2. The lowest BCUT2D eigenvalue weighted by atomic mass is 10.0. The first-order chi connectivity index (χ1) is 12.7. The van der Waals surface area contributed by atoms with Crippen LogP contribution in [0.1, 0.15) is 22.3 Å². The molecule has 0 aliphatic heterocycles. The van der Waals surface area contributed by atoms with Gasteiger partial charge in [-0.15, -0.1) is 0 Å². The zero-order chi connectivity index (χ0) is 17.9. The highest BCUT2D eigenvalue weighted by molar-refractivity contribution is 5.85. The van der Waals surface area contributed by atoms with Gasteiger partial charge in [-0.25, -0.2) is 4.79 Å². The Labute approximate surface area is 151 Å². The molecular weight excluding hydrogens is 324 g/mol. The summed E-state index contributed by atoms with van der Waals surface area (Å²) >= 11 is 0. The van der Waals surface area contributed by atoms with Gasteiger partial charge in [-0.1, -0.05) is 66.7 Å². The Balaban J connectivity index is 1.76. The number of hydrogen-bond donors (Lipinski definition) is 1. The van der Waals surface area contributed by atoms with Crippen LogP contribution in [0.5, 0.6) is 5.75 Å². The van der Waals surface area contributed by atoms with Crippen LogP contribution in [0.3, 0.4) is 0 Å². The molecule has 0 spiro atoms. The number of hydrogen-bond acceptors (Lipinski definition) is 3. The van der Waals surface area contributed by atoms with Gasteiger partial charge < -0.3 is 9.52 Å². The normalized spacial score (nSPS) is 10.9. The average molecular weight is 342 g/mol. The van der Waals surface area contributed by atoms with Crippen molar-refractivity contribution in [1.82, 2.24) is 0 Å². The molecule has 3 nitrogen and oxygen atoms in total. The summed E-state index contributed by atoms with van der Waals surface area (Å²) in [5.74, 6) is 0.00927. The highest BCUT2D eigenvalue weighted by Crippen LogP contribution is 2.29. The van der Waals surface area contributed by atoms with Crippen molar-refractivity contribution in [3.05, 3.63) is 112 Å². The van der Waals surface area contributed by atoms with Crippen LogP contribution in [0.15, 0.2) is 88.1 Å². The molecule has 0 saturated heterocycles. The minimum Gasteiger partial charge on any atom is -0.507 e. The zero-order valence-corrected chi connectivity index (χ0v) is 14.2. The van der Waals surface area contributed by atoms with Crippen molar-refractivity contribution < 1.29 is 9.52 Å². The van der Waals surface area contributed by atoms with E-state index in [4.69, 9.17) is 4.42 Å². The maximum absolute atomic E-state index is 12.3. The molecule has 1 aromatic heterocycles. The maximum Gasteiger partial charge on any atom is 0.343 e. The molecule has 0 fully saturated rings. The van der Waals surface area contributed by atoms with Crippen LogP contribution in [0.25, 0.3) is 11.0 Å². The maximum atomic E-state index is 12.3. The van der Waals surface area contributed by atoms with E-state index in [1.807, 2.05) is 60.7 Å². The van der Waals surface area contributed by atoms with E-state index >= 15 is 0 Å². The molecule has 3 heteroatoms. The molecule has 1 N–H and O–H groups in total. The molecule has 0 bridgehead atoms. The molecule has 3 aromatic carbocycles. The topological polar surface area (TPSA) is 50.4 Å². The molecule has 0 saturated carbocycles. The van der Waals surface area contributed by atoms with Crippen molar-refractivity contribution in [2.24, 2.45) is 0 Å². The Bertz CT molecular complexity index is 1100. The van der Waals surface area contributed by atoms with E-state index < -0.39 is 5.63 Å². The SMILES string of the molecule is O=c1oc2ccc(Cc3ccccc3)cc2c(O)c1Cc1ccccc1. The molecule has 1 heterocycles. The largest absolute Gasteiger partial charge is 0.507 e. The van der Waals surface area contributed by atoms with Gasteiger partial charge >= 0.3 is 5.63 Å². The fourth-order valence-electron chi connectivity index (χ4n) is 3.17. The first-order valence-corrected chi connectivity index (χ1v) is 8.56. The highest BCUT2D eigenvalue weighted by Gasteiger charge is 2.15. The summed E-state index contributed by atoms with van der Waals surface area (Å²) in [6.45, 7) is 0. The Hall–Kier alpha value is -3.33. The second kappa shape index (κ2) is 6.89. The third-order valence-electron chi connectivity index (χ3n) is 4.51. The van der Waals surface area contributed by atoms with Crippen LogP contribution in [0, 0.1) is 0 Å². The lowest BCUT2D eigenvalue weighted by Gasteiger charge is -2.09. The van der Waals surface area contributed by atoms with E-state index in [0.717, 1.165) is 17.5 Å². The van der Waals surface area contributed by atoms with E-state index in [1.54, 1.807) is 6.07 Å². The smallest absolute Gasteiger partial charge is 0.343 e. The summed E-state index contributed by atoms with van der Waals surface area (Å²) in [6.07, 6.45) is 1.09. The molecule has 0 aliphatic rings. The molecule has 4 aromatic rings. The van der Waals surface area contributed by atoms with Crippen molar-refractivity contribution in [1.29, 1.82) is 0 Å².